The Hall–Kier alpha value is -2.51. The second-order valence-electron chi connectivity index (χ2n) is 4.62. The van der Waals surface area contributed by atoms with Crippen molar-refractivity contribution in [2.24, 2.45) is 5.73 Å². The van der Waals surface area contributed by atoms with Crippen molar-refractivity contribution in [2.75, 3.05) is 13.7 Å². The van der Waals surface area contributed by atoms with Crippen LogP contribution in [0.2, 0.25) is 0 Å². The third-order valence-electron chi connectivity index (χ3n) is 3.11. The average molecular weight is 282 g/mol. The molecule has 0 saturated carbocycles. The molecule has 2 aromatic carbocycles. The first-order valence-corrected chi connectivity index (χ1v) is 6.75. The van der Waals surface area contributed by atoms with Gasteiger partial charge in [0.25, 0.3) is 0 Å². The summed E-state index contributed by atoms with van der Waals surface area (Å²) in [5, 5.41) is 8.90. The zero-order chi connectivity index (χ0) is 15.1. The maximum Gasteiger partial charge on any atom is 0.161 e. The summed E-state index contributed by atoms with van der Waals surface area (Å²) < 4.78 is 11.1. The van der Waals surface area contributed by atoms with Crippen LogP contribution in [0.5, 0.6) is 11.5 Å². The lowest BCUT2D eigenvalue weighted by molar-refractivity contribution is 0.284. The van der Waals surface area contributed by atoms with Crippen molar-refractivity contribution in [3.05, 3.63) is 59.2 Å². The second kappa shape index (κ2) is 7.32. The summed E-state index contributed by atoms with van der Waals surface area (Å²) >= 11 is 0. The van der Waals surface area contributed by atoms with Crippen LogP contribution < -0.4 is 15.2 Å². The highest BCUT2D eigenvalue weighted by atomic mass is 16.5. The molecule has 0 saturated heterocycles. The van der Waals surface area contributed by atoms with Crippen molar-refractivity contribution < 1.29 is 9.47 Å². The van der Waals surface area contributed by atoms with Gasteiger partial charge >= 0.3 is 0 Å². The van der Waals surface area contributed by atoms with Gasteiger partial charge in [0, 0.05) is 0 Å². The second-order valence-corrected chi connectivity index (χ2v) is 4.62. The molecular formula is C17H18N2O2. The predicted octanol–water partition coefficient (Wildman–Crippen LogP) is 2.65. The normalized spacial score (nSPS) is 9.95. The summed E-state index contributed by atoms with van der Waals surface area (Å²) in [7, 11) is 1.61. The maximum absolute atomic E-state index is 8.90. The fourth-order valence-electron chi connectivity index (χ4n) is 2.05. The molecule has 0 aliphatic rings. The number of nitrogens with two attached hydrogens (primary N) is 1. The minimum absolute atomic E-state index is 0.387. The van der Waals surface area contributed by atoms with Crippen LogP contribution in [0.3, 0.4) is 0 Å². The van der Waals surface area contributed by atoms with Gasteiger partial charge in [0.15, 0.2) is 11.5 Å². The Morgan fingerprint density at radius 3 is 2.67 bits per heavy atom. The zero-order valence-corrected chi connectivity index (χ0v) is 12.0. The highest BCUT2D eigenvalue weighted by Gasteiger charge is 2.06. The average Bonchev–Trinajstić information content (AvgIpc) is 2.53. The van der Waals surface area contributed by atoms with Crippen molar-refractivity contribution in [3.8, 4) is 17.6 Å². The van der Waals surface area contributed by atoms with Gasteiger partial charge in [-0.05, 0) is 48.4 Å². The van der Waals surface area contributed by atoms with Crippen LogP contribution in [-0.4, -0.2) is 13.7 Å². The van der Waals surface area contributed by atoms with Crippen LogP contribution in [0.4, 0.5) is 0 Å². The third-order valence-corrected chi connectivity index (χ3v) is 3.11. The minimum atomic E-state index is 0.387. The summed E-state index contributed by atoms with van der Waals surface area (Å²) in [6.45, 7) is 0.980. The number of nitriles is 1. The number of hydrogen-bond acceptors (Lipinski definition) is 4. The molecule has 2 rings (SSSR count). The van der Waals surface area contributed by atoms with Gasteiger partial charge in [-0.15, -0.1) is 0 Å². The number of benzene rings is 2. The highest BCUT2D eigenvalue weighted by molar-refractivity contribution is 5.43. The topological polar surface area (TPSA) is 68.3 Å². The molecule has 0 radical (unpaired) electrons. The van der Waals surface area contributed by atoms with E-state index in [1.54, 1.807) is 13.2 Å². The minimum Gasteiger partial charge on any atom is -0.493 e. The lowest BCUT2D eigenvalue weighted by Crippen LogP contribution is -2.04. The van der Waals surface area contributed by atoms with Gasteiger partial charge in [-0.25, -0.2) is 0 Å². The van der Waals surface area contributed by atoms with Crippen LogP contribution in [0.25, 0.3) is 0 Å². The molecule has 0 unspecified atom stereocenters. The van der Waals surface area contributed by atoms with Crippen LogP contribution in [-0.2, 0) is 13.0 Å². The lowest BCUT2D eigenvalue weighted by Gasteiger charge is -2.12. The molecule has 0 aliphatic heterocycles. The fraction of sp³-hybridized carbons (Fsp3) is 0.235. The SMILES string of the molecule is COc1ccc(CCN)cc1OCc1cccc(C#N)c1. The molecule has 2 aromatic rings. The van der Waals surface area contributed by atoms with Gasteiger partial charge in [-0.3, -0.25) is 0 Å². The molecule has 2 N–H and O–H groups in total. The summed E-state index contributed by atoms with van der Waals surface area (Å²) in [5.41, 5.74) is 8.26. The highest BCUT2D eigenvalue weighted by Crippen LogP contribution is 2.29. The van der Waals surface area contributed by atoms with E-state index < -0.39 is 0 Å². The molecular weight excluding hydrogens is 264 g/mol. The zero-order valence-electron chi connectivity index (χ0n) is 12.0. The van der Waals surface area contributed by atoms with E-state index in [1.165, 1.54) is 0 Å². The smallest absolute Gasteiger partial charge is 0.161 e. The van der Waals surface area contributed by atoms with Crippen LogP contribution >= 0.6 is 0 Å². The Bertz CT molecular complexity index is 647. The van der Waals surface area contributed by atoms with Gasteiger partial charge in [-0.2, -0.15) is 5.26 Å². The molecule has 0 heterocycles. The van der Waals surface area contributed by atoms with Crippen molar-refractivity contribution in [2.45, 2.75) is 13.0 Å². The molecule has 0 amide bonds. The number of methoxy groups -OCH3 is 1. The molecule has 0 spiro atoms. The molecule has 0 bridgehead atoms. The summed E-state index contributed by atoms with van der Waals surface area (Å²) in [5.74, 6) is 1.37. The van der Waals surface area contributed by atoms with Crippen molar-refractivity contribution in [1.29, 1.82) is 5.26 Å². The molecule has 4 nitrogen and oxygen atoms in total. The van der Waals surface area contributed by atoms with Gasteiger partial charge in [0.1, 0.15) is 6.61 Å². The molecule has 0 aromatic heterocycles. The standard InChI is InChI=1S/C17H18N2O2/c1-20-16-6-5-13(7-8-18)10-17(16)21-12-15-4-2-3-14(9-15)11-19/h2-6,9-10H,7-8,12,18H2,1H3. The lowest BCUT2D eigenvalue weighted by atomic mass is 10.1. The van der Waals surface area contributed by atoms with E-state index in [0.717, 1.165) is 17.5 Å². The van der Waals surface area contributed by atoms with Crippen molar-refractivity contribution >= 4 is 0 Å². The maximum atomic E-state index is 8.90. The molecule has 0 aliphatic carbocycles. The quantitative estimate of drug-likeness (QED) is 0.884. The van der Waals surface area contributed by atoms with Crippen LogP contribution in [0.15, 0.2) is 42.5 Å². The van der Waals surface area contributed by atoms with Crippen LogP contribution in [0.1, 0.15) is 16.7 Å². The van der Waals surface area contributed by atoms with E-state index in [2.05, 4.69) is 6.07 Å². The van der Waals surface area contributed by atoms with E-state index in [-0.39, 0.29) is 0 Å². The Balaban J connectivity index is 2.14. The fourth-order valence-corrected chi connectivity index (χ4v) is 2.05. The van der Waals surface area contributed by atoms with E-state index in [0.29, 0.717) is 30.2 Å². The summed E-state index contributed by atoms with van der Waals surface area (Å²) in [6, 6.07) is 15.3. The monoisotopic (exact) mass is 282 g/mol. The van der Waals surface area contributed by atoms with Crippen molar-refractivity contribution in [3.63, 3.8) is 0 Å². The Morgan fingerprint density at radius 2 is 1.95 bits per heavy atom. The van der Waals surface area contributed by atoms with Gasteiger partial charge in [0.05, 0.1) is 18.7 Å². The van der Waals surface area contributed by atoms with Crippen molar-refractivity contribution in [1.82, 2.24) is 0 Å². The number of nitrogens with zero attached hydrogens (tertiary/aromatic N) is 1. The van der Waals surface area contributed by atoms with E-state index in [9.17, 15) is 0 Å². The largest absolute Gasteiger partial charge is 0.493 e. The van der Waals surface area contributed by atoms with Gasteiger partial charge in [-0.1, -0.05) is 18.2 Å². The number of rotatable bonds is 6. The molecule has 108 valence electrons. The van der Waals surface area contributed by atoms with Gasteiger partial charge < -0.3 is 15.2 Å². The predicted molar refractivity (Wildman–Crippen MR) is 81.2 cm³/mol. The van der Waals surface area contributed by atoms with E-state index in [4.69, 9.17) is 20.5 Å². The van der Waals surface area contributed by atoms with Gasteiger partial charge in [0.2, 0.25) is 0 Å². The molecule has 0 fully saturated rings. The molecule has 0 atom stereocenters. The first-order chi connectivity index (χ1) is 10.3. The third kappa shape index (κ3) is 3.98. The number of ether oxygens (including phenoxy) is 2. The Morgan fingerprint density at radius 1 is 1.10 bits per heavy atom. The summed E-state index contributed by atoms with van der Waals surface area (Å²) in [6.07, 6.45) is 0.796. The van der Waals surface area contributed by atoms with E-state index >= 15 is 0 Å². The molecule has 21 heavy (non-hydrogen) atoms. The first-order valence-electron chi connectivity index (χ1n) is 6.75. The first kappa shape index (κ1) is 14.9. The van der Waals surface area contributed by atoms with E-state index in [1.807, 2.05) is 36.4 Å². The number of hydrogen-bond donors (Lipinski definition) is 1. The Labute approximate surface area is 124 Å². The van der Waals surface area contributed by atoms with Crippen LogP contribution in [0, 0.1) is 11.3 Å². The molecule has 4 heteroatoms. The summed E-state index contributed by atoms with van der Waals surface area (Å²) in [4.78, 5) is 0. The Kier molecular flexibility index (Phi) is 5.19.